The molecule has 2 heterocycles. The number of fused-ring (bicyclic) bond motifs is 3. The maximum atomic E-state index is 14.2. The summed E-state index contributed by atoms with van der Waals surface area (Å²) in [6.07, 6.45) is 4.58. The van der Waals surface area contributed by atoms with Crippen molar-refractivity contribution in [2.24, 2.45) is 11.8 Å². The van der Waals surface area contributed by atoms with Crippen molar-refractivity contribution in [1.82, 2.24) is 10.2 Å². The number of hydrogen-bond acceptors (Lipinski definition) is 3. The van der Waals surface area contributed by atoms with Gasteiger partial charge in [0, 0.05) is 24.1 Å². The molecule has 3 aliphatic rings. The van der Waals surface area contributed by atoms with Crippen LogP contribution in [-0.2, 0) is 4.79 Å². The van der Waals surface area contributed by atoms with Gasteiger partial charge in [0.05, 0.1) is 28.7 Å². The number of amides is 2. The first-order valence-corrected chi connectivity index (χ1v) is 13.8. The Morgan fingerprint density at radius 3 is 2.38 bits per heavy atom. The molecule has 0 bridgehead atoms. The zero-order valence-electron chi connectivity index (χ0n) is 20.8. The molecule has 1 saturated heterocycles. The van der Waals surface area contributed by atoms with Crippen molar-refractivity contribution in [3.8, 4) is 0 Å². The molecule has 2 amide bonds. The van der Waals surface area contributed by atoms with Crippen LogP contribution in [0.2, 0.25) is 5.02 Å². The van der Waals surface area contributed by atoms with Crippen LogP contribution >= 0.6 is 11.6 Å². The van der Waals surface area contributed by atoms with E-state index in [1.165, 1.54) is 5.56 Å². The molecule has 6 rings (SSSR count). The Morgan fingerprint density at radius 2 is 1.59 bits per heavy atom. The molecule has 1 aliphatic carbocycles. The number of benzene rings is 3. The number of likely N-dealkylation sites (tertiary alicyclic amines) is 1. The van der Waals surface area contributed by atoms with Crippen LogP contribution in [-0.4, -0.2) is 29.3 Å². The molecule has 190 valence electrons. The highest BCUT2D eigenvalue weighted by molar-refractivity contribution is 6.33. The maximum absolute atomic E-state index is 14.2. The fourth-order valence-electron chi connectivity index (χ4n) is 6.66. The van der Waals surface area contributed by atoms with E-state index in [-0.39, 0.29) is 41.8 Å². The van der Waals surface area contributed by atoms with Crippen LogP contribution in [0, 0.1) is 11.8 Å². The van der Waals surface area contributed by atoms with Gasteiger partial charge in [-0.1, -0.05) is 85.1 Å². The van der Waals surface area contributed by atoms with Gasteiger partial charge < -0.3 is 15.5 Å². The molecule has 2 fully saturated rings. The first kappa shape index (κ1) is 24.1. The van der Waals surface area contributed by atoms with Gasteiger partial charge in [-0.15, -0.1) is 0 Å². The lowest BCUT2D eigenvalue weighted by atomic mass is 9.79. The average molecular weight is 514 g/mol. The minimum absolute atomic E-state index is 0.0416. The normalized spacial score (nSPS) is 26.5. The molecule has 2 aliphatic heterocycles. The van der Waals surface area contributed by atoms with E-state index >= 15 is 0 Å². The van der Waals surface area contributed by atoms with E-state index in [1.54, 1.807) is 0 Å². The summed E-state index contributed by atoms with van der Waals surface area (Å²) in [5.41, 5.74) is 3.86. The van der Waals surface area contributed by atoms with Gasteiger partial charge in [-0.2, -0.15) is 0 Å². The number of rotatable bonds is 4. The average Bonchev–Trinajstić information content (AvgIpc) is 3.39. The molecule has 6 heteroatoms. The number of nitrogens with zero attached hydrogens (tertiary/aromatic N) is 1. The third-order valence-corrected chi connectivity index (χ3v) is 8.73. The van der Waals surface area contributed by atoms with E-state index in [1.807, 2.05) is 48.5 Å². The highest BCUT2D eigenvalue weighted by Crippen LogP contribution is 2.53. The van der Waals surface area contributed by atoms with Gasteiger partial charge >= 0.3 is 0 Å². The Morgan fingerprint density at radius 1 is 0.865 bits per heavy atom. The number of nitrogens with one attached hydrogen (secondary N) is 2. The van der Waals surface area contributed by atoms with Crippen molar-refractivity contribution in [3.63, 3.8) is 0 Å². The molecule has 5 nitrogen and oxygen atoms in total. The van der Waals surface area contributed by atoms with Crippen molar-refractivity contribution >= 4 is 29.1 Å². The quantitative estimate of drug-likeness (QED) is 0.425. The van der Waals surface area contributed by atoms with E-state index in [4.69, 9.17) is 11.6 Å². The smallest absolute Gasteiger partial charge is 0.251 e. The molecule has 1 saturated carbocycles. The standard InChI is InChI=1S/C31H32ClN3O2/c32-25-16-9-15-23-28(25)34-27(20-10-3-1-4-11-20)24-18-19-35(29(23)24)31(37)22-14-7-8-17-26(22)33-30(36)21-12-5-2-6-13-21/h1-6,9-13,15-16,22,24,26-27,29,34H,7-8,14,17-19H2,(H,33,36)/t22-,24+,26+,27-,29-/m0/s1. The summed E-state index contributed by atoms with van der Waals surface area (Å²) in [4.78, 5) is 29.3. The van der Waals surface area contributed by atoms with Crippen molar-refractivity contribution < 1.29 is 9.59 Å². The van der Waals surface area contributed by atoms with E-state index in [0.717, 1.165) is 43.4 Å². The van der Waals surface area contributed by atoms with Gasteiger partial charge in [-0.25, -0.2) is 0 Å². The van der Waals surface area contributed by atoms with Crippen molar-refractivity contribution in [3.05, 3.63) is 101 Å². The highest BCUT2D eigenvalue weighted by Gasteiger charge is 2.48. The van der Waals surface area contributed by atoms with Crippen LogP contribution < -0.4 is 10.6 Å². The van der Waals surface area contributed by atoms with Crippen LogP contribution in [0.5, 0.6) is 0 Å². The Labute approximate surface area is 223 Å². The number of carbonyl (C=O) groups excluding carboxylic acids is 2. The predicted molar refractivity (Wildman–Crippen MR) is 146 cm³/mol. The van der Waals surface area contributed by atoms with E-state index in [9.17, 15) is 9.59 Å². The highest BCUT2D eigenvalue weighted by atomic mass is 35.5. The van der Waals surface area contributed by atoms with Gasteiger partial charge in [0.25, 0.3) is 5.91 Å². The molecule has 0 aromatic heterocycles. The number of para-hydroxylation sites is 1. The maximum Gasteiger partial charge on any atom is 0.251 e. The van der Waals surface area contributed by atoms with Crippen LogP contribution in [0.1, 0.15) is 65.7 Å². The second-order valence-corrected chi connectivity index (χ2v) is 10.9. The summed E-state index contributed by atoms with van der Waals surface area (Å²) < 4.78 is 0. The number of hydrogen-bond donors (Lipinski definition) is 2. The van der Waals surface area contributed by atoms with Gasteiger partial charge in [-0.05, 0) is 48.6 Å². The number of carbonyl (C=O) groups is 2. The Bertz CT molecular complexity index is 1280. The van der Waals surface area contributed by atoms with Gasteiger partial charge in [-0.3, -0.25) is 9.59 Å². The summed E-state index contributed by atoms with van der Waals surface area (Å²) in [5.74, 6) is 0.0871. The number of anilines is 1. The van der Waals surface area contributed by atoms with Gasteiger partial charge in [0.1, 0.15) is 0 Å². The Hall–Kier alpha value is -3.31. The van der Waals surface area contributed by atoms with Crippen molar-refractivity contribution in [2.75, 3.05) is 11.9 Å². The largest absolute Gasteiger partial charge is 0.376 e. The van der Waals surface area contributed by atoms with Crippen LogP contribution in [0.25, 0.3) is 0 Å². The zero-order valence-corrected chi connectivity index (χ0v) is 21.5. The van der Waals surface area contributed by atoms with E-state index in [0.29, 0.717) is 17.1 Å². The molecule has 5 atom stereocenters. The minimum Gasteiger partial charge on any atom is -0.376 e. The molecular weight excluding hydrogens is 482 g/mol. The summed E-state index contributed by atoms with van der Waals surface area (Å²) in [6, 6.07) is 25.6. The van der Waals surface area contributed by atoms with Crippen LogP contribution in [0.3, 0.4) is 0 Å². The fourth-order valence-corrected chi connectivity index (χ4v) is 6.89. The molecule has 2 N–H and O–H groups in total. The lowest BCUT2D eigenvalue weighted by molar-refractivity contribution is -0.138. The molecule has 0 spiro atoms. The topological polar surface area (TPSA) is 61.4 Å². The van der Waals surface area contributed by atoms with E-state index in [2.05, 4.69) is 45.9 Å². The first-order valence-electron chi connectivity index (χ1n) is 13.4. The Kier molecular flexibility index (Phi) is 6.64. The second-order valence-electron chi connectivity index (χ2n) is 10.5. The summed E-state index contributed by atoms with van der Waals surface area (Å²) in [6.45, 7) is 0.709. The molecule has 3 aromatic rings. The molecule has 0 radical (unpaired) electrons. The van der Waals surface area contributed by atoms with Gasteiger partial charge in [0.2, 0.25) is 5.91 Å². The third-order valence-electron chi connectivity index (χ3n) is 8.41. The predicted octanol–water partition coefficient (Wildman–Crippen LogP) is 6.39. The SMILES string of the molecule is O=C(N[C@@H]1CCCC[C@@H]1C(=O)N1CC[C@@H]2[C@H](c3ccccc3)Nc3c(Cl)cccc3[C@@H]21)c1ccccc1. The number of halogens is 1. The lowest BCUT2D eigenvalue weighted by Crippen LogP contribution is -2.50. The Balaban J connectivity index is 1.30. The fraction of sp³-hybridized carbons (Fsp3) is 0.355. The molecular formula is C31H32ClN3O2. The zero-order chi connectivity index (χ0) is 25.4. The van der Waals surface area contributed by atoms with Gasteiger partial charge in [0.15, 0.2) is 0 Å². The molecule has 37 heavy (non-hydrogen) atoms. The summed E-state index contributed by atoms with van der Waals surface area (Å²) in [5, 5.41) is 7.61. The summed E-state index contributed by atoms with van der Waals surface area (Å²) in [7, 11) is 0. The van der Waals surface area contributed by atoms with E-state index < -0.39 is 0 Å². The minimum atomic E-state index is -0.215. The first-order chi connectivity index (χ1) is 18.1. The lowest BCUT2D eigenvalue weighted by Gasteiger charge is -2.42. The molecule has 0 unspecified atom stereocenters. The van der Waals surface area contributed by atoms with Crippen molar-refractivity contribution in [1.29, 1.82) is 0 Å². The van der Waals surface area contributed by atoms with Crippen molar-refractivity contribution in [2.45, 2.75) is 50.2 Å². The summed E-state index contributed by atoms with van der Waals surface area (Å²) >= 11 is 6.69. The monoisotopic (exact) mass is 513 g/mol. The van der Waals surface area contributed by atoms with Crippen LogP contribution in [0.4, 0.5) is 5.69 Å². The van der Waals surface area contributed by atoms with Crippen LogP contribution in [0.15, 0.2) is 78.9 Å². The second kappa shape index (κ2) is 10.2. The third kappa shape index (κ3) is 4.50. The molecule has 3 aromatic carbocycles.